The molecule has 150 valence electrons. The first-order valence-corrected chi connectivity index (χ1v) is 7.72. The van der Waals surface area contributed by atoms with Crippen molar-refractivity contribution in [1.82, 2.24) is 0 Å². The lowest BCUT2D eigenvalue weighted by molar-refractivity contribution is -0.153. The third kappa shape index (κ3) is 4.90. The Balaban J connectivity index is 2.64. The number of hydrogen-bond acceptors (Lipinski definition) is 6. The van der Waals surface area contributed by atoms with Crippen molar-refractivity contribution in [3.63, 3.8) is 0 Å². The van der Waals surface area contributed by atoms with Crippen LogP contribution in [0.3, 0.4) is 0 Å². The molecule has 0 atom stereocenters. The number of carbonyl (C=O) groups excluding carboxylic acids is 2. The van der Waals surface area contributed by atoms with Gasteiger partial charge in [0, 0.05) is 12.3 Å². The van der Waals surface area contributed by atoms with Gasteiger partial charge in [0.25, 0.3) is 0 Å². The van der Waals surface area contributed by atoms with E-state index in [1.165, 1.54) is 24.4 Å². The standard InChI is InChI=1S/C18H15F4NO5/c1-26-16(24)12-5-3-4-8-23(15(12)17(25)27-2)13-9-11(19)6-7-14(13)28-10-18(20,21)22/h3-9H,10H2,1-2H3. The molecule has 0 spiro atoms. The third-order valence-corrected chi connectivity index (χ3v) is 3.46. The molecule has 1 aliphatic rings. The van der Waals surface area contributed by atoms with E-state index >= 15 is 0 Å². The van der Waals surface area contributed by atoms with Gasteiger partial charge in [0.1, 0.15) is 17.3 Å². The summed E-state index contributed by atoms with van der Waals surface area (Å²) in [6, 6.07) is 2.74. The molecule has 0 N–H and O–H groups in total. The van der Waals surface area contributed by atoms with Gasteiger partial charge in [-0.15, -0.1) is 0 Å². The van der Waals surface area contributed by atoms with E-state index in [9.17, 15) is 27.2 Å². The zero-order chi connectivity index (χ0) is 20.9. The summed E-state index contributed by atoms with van der Waals surface area (Å²) in [6.45, 7) is -1.64. The van der Waals surface area contributed by atoms with Crippen LogP contribution in [0, 0.1) is 5.82 Å². The van der Waals surface area contributed by atoms with Gasteiger partial charge in [-0.3, -0.25) is 0 Å². The van der Waals surface area contributed by atoms with Crippen LogP contribution in [0.5, 0.6) is 5.75 Å². The molecule has 1 heterocycles. The van der Waals surface area contributed by atoms with Crippen LogP contribution in [0.25, 0.3) is 0 Å². The van der Waals surface area contributed by atoms with Gasteiger partial charge in [-0.25, -0.2) is 14.0 Å². The summed E-state index contributed by atoms with van der Waals surface area (Å²) >= 11 is 0. The van der Waals surface area contributed by atoms with Gasteiger partial charge in [-0.1, -0.05) is 6.08 Å². The molecule has 0 bridgehead atoms. The Morgan fingerprint density at radius 1 is 1.07 bits per heavy atom. The average molecular weight is 401 g/mol. The molecule has 0 aromatic heterocycles. The van der Waals surface area contributed by atoms with Gasteiger partial charge in [0.2, 0.25) is 0 Å². The van der Waals surface area contributed by atoms with Gasteiger partial charge in [0.05, 0.1) is 25.5 Å². The summed E-state index contributed by atoms with van der Waals surface area (Å²) in [7, 11) is 2.13. The molecule has 0 aliphatic carbocycles. The van der Waals surface area contributed by atoms with Gasteiger partial charge in [0.15, 0.2) is 6.61 Å². The highest BCUT2D eigenvalue weighted by Gasteiger charge is 2.32. The fraction of sp³-hybridized carbons (Fsp3) is 0.222. The van der Waals surface area contributed by atoms with Crippen molar-refractivity contribution in [3.05, 3.63) is 59.7 Å². The largest absolute Gasteiger partial charge is 0.482 e. The average Bonchev–Trinajstić information content (AvgIpc) is 2.87. The minimum Gasteiger partial charge on any atom is -0.482 e. The highest BCUT2D eigenvalue weighted by atomic mass is 19.4. The Morgan fingerprint density at radius 3 is 2.36 bits per heavy atom. The zero-order valence-electron chi connectivity index (χ0n) is 14.7. The Hall–Kier alpha value is -3.30. The lowest BCUT2D eigenvalue weighted by Crippen LogP contribution is -2.28. The number of carbonyl (C=O) groups is 2. The first-order valence-electron chi connectivity index (χ1n) is 7.72. The number of halogens is 4. The molecule has 0 saturated heterocycles. The predicted molar refractivity (Wildman–Crippen MR) is 89.8 cm³/mol. The zero-order valence-corrected chi connectivity index (χ0v) is 14.7. The van der Waals surface area contributed by atoms with Crippen molar-refractivity contribution in [2.45, 2.75) is 6.18 Å². The van der Waals surface area contributed by atoms with Crippen LogP contribution in [0.4, 0.5) is 23.2 Å². The molecule has 0 fully saturated rings. The van der Waals surface area contributed by atoms with Crippen molar-refractivity contribution in [3.8, 4) is 5.75 Å². The highest BCUT2D eigenvalue weighted by molar-refractivity contribution is 6.05. The third-order valence-electron chi connectivity index (χ3n) is 3.46. The molecule has 0 radical (unpaired) electrons. The van der Waals surface area contributed by atoms with Crippen molar-refractivity contribution < 1.29 is 41.4 Å². The number of ether oxygens (including phenoxy) is 3. The summed E-state index contributed by atoms with van der Waals surface area (Å²) < 4.78 is 65.6. The summed E-state index contributed by atoms with van der Waals surface area (Å²) in [5.74, 6) is -3.07. The van der Waals surface area contributed by atoms with Gasteiger partial charge in [-0.2, -0.15) is 13.2 Å². The lowest BCUT2D eigenvalue weighted by atomic mass is 10.1. The van der Waals surface area contributed by atoms with Gasteiger partial charge >= 0.3 is 18.1 Å². The number of allylic oxidation sites excluding steroid dienone is 2. The number of alkyl halides is 3. The lowest BCUT2D eigenvalue weighted by Gasteiger charge is -2.25. The minimum atomic E-state index is -4.64. The number of nitrogens with zero attached hydrogens (tertiary/aromatic N) is 1. The Labute approximate surface area is 157 Å². The maximum atomic E-state index is 13.8. The maximum absolute atomic E-state index is 13.8. The normalized spacial score (nSPS) is 14.0. The fourth-order valence-corrected chi connectivity index (χ4v) is 2.31. The summed E-state index contributed by atoms with van der Waals surface area (Å²) in [6.07, 6.45) is 0.639. The molecule has 6 nitrogen and oxygen atoms in total. The molecule has 2 rings (SSSR count). The smallest absolute Gasteiger partial charge is 0.422 e. The molecule has 0 unspecified atom stereocenters. The Morgan fingerprint density at radius 2 is 1.75 bits per heavy atom. The summed E-state index contributed by atoms with van der Waals surface area (Å²) in [4.78, 5) is 25.4. The van der Waals surface area contributed by atoms with E-state index in [0.29, 0.717) is 0 Å². The van der Waals surface area contributed by atoms with E-state index in [1.54, 1.807) is 0 Å². The van der Waals surface area contributed by atoms with Crippen LogP contribution >= 0.6 is 0 Å². The highest BCUT2D eigenvalue weighted by Crippen LogP contribution is 2.35. The van der Waals surface area contributed by atoms with Crippen LogP contribution in [0.2, 0.25) is 0 Å². The topological polar surface area (TPSA) is 65.1 Å². The van der Waals surface area contributed by atoms with Crippen LogP contribution in [0.1, 0.15) is 0 Å². The number of hydrogen-bond donors (Lipinski definition) is 0. The summed E-state index contributed by atoms with van der Waals surface area (Å²) in [5.41, 5.74) is -0.877. The number of rotatable bonds is 5. The molecule has 0 saturated carbocycles. The van der Waals surface area contributed by atoms with Crippen molar-refractivity contribution in [2.75, 3.05) is 25.7 Å². The number of esters is 2. The van der Waals surface area contributed by atoms with Crippen LogP contribution in [0.15, 0.2) is 53.9 Å². The number of benzene rings is 1. The first kappa shape index (κ1) is 21.0. The monoisotopic (exact) mass is 401 g/mol. The van der Waals surface area contributed by atoms with E-state index in [-0.39, 0.29) is 22.7 Å². The van der Waals surface area contributed by atoms with Crippen molar-refractivity contribution in [1.29, 1.82) is 0 Å². The fourth-order valence-electron chi connectivity index (χ4n) is 2.31. The molecular weight excluding hydrogens is 386 g/mol. The Kier molecular flexibility index (Phi) is 6.45. The number of methoxy groups -OCH3 is 2. The summed E-state index contributed by atoms with van der Waals surface area (Å²) in [5, 5.41) is 0. The minimum absolute atomic E-state index is 0.244. The number of anilines is 1. The van der Waals surface area contributed by atoms with Crippen LogP contribution in [-0.4, -0.2) is 38.9 Å². The van der Waals surface area contributed by atoms with Crippen molar-refractivity contribution >= 4 is 17.6 Å². The quantitative estimate of drug-likeness (QED) is 0.558. The van der Waals surface area contributed by atoms with Gasteiger partial charge < -0.3 is 19.1 Å². The van der Waals surface area contributed by atoms with Crippen LogP contribution < -0.4 is 9.64 Å². The van der Waals surface area contributed by atoms with E-state index in [2.05, 4.69) is 9.47 Å². The maximum Gasteiger partial charge on any atom is 0.422 e. The SMILES string of the molecule is COC(=O)C1=C(C(=O)OC)N(c2cc(F)ccc2OCC(F)(F)F)C=CC=C1. The van der Waals surface area contributed by atoms with Crippen molar-refractivity contribution in [2.24, 2.45) is 0 Å². The van der Waals surface area contributed by atoms with E-state index in [1.807, 2.05) is 0 Å². The molecule has 1 aromatic carbocycles. The van der Waals surface area contributed by atoms with E-state index in [4.69, 9.17) is 4.74 Å². The second-order valence-corrected chi connectivity index (χ2v) is 5.33. The molecule has 28 heavy (non-hydrogen) atoms. The van der Waals surface area contributed by atoms with E-state index < -0.39 is 30.5 Å². The molecule has 0 amide bonds. The second-order valence-electron chi connectivity index (χ2n) is 5.33. The first-order chi connectivity index (χ1) is 13.2. The van der Waals surface area contributed by atoms with Gasteiger partial charge in [-0.05, 0) is 24.3 Å². The Bertz CT molecular complexity index is 858. The molecule has 1 aromatic rings. The molecule has 1 aliphatic heterocycles. The molecular formula is C18H15F4NO5. The predicted octanol–water partition coefficient (Wildman–Crippen LogP) is 3.26. The van der Waals surface area contributed by atoms with Crippen LogP contribution in [-0.2, 0) is 19.1 Å². The second kappa shape index (κ2) is 8.59. The van der Waals surface area contributed by atoms with E-state index in [0.717, 1.165) is 37.3 Å². The molecule has 10 heteroatoms.